The molecule has 1 saturated heterocycles. The molecule has 1 unspecified atom stereocenters. The lowest BCUT2D eigenvalue weighted by Gasteiger charge is -2.22. The van der Waals surface area contributed by atoms with Gasteiger partial charge >= 0.3 is 0 Å². The molecule has 1 atom stereocenters. The van der Waals surface area contributed by atoms with Crippen molar-refractivity contribution in [3.05, 3.63) is 29.3 Å². The van der Waals surface area contributed by atoms with Crippen LogP contribution in [0.1, 0.15) is 22.3 Å². The second kappa shape index (κ2) is 5.61. The smallest absolute Gasteiger partial charge is 0.253 e. The van der Waals surface area contributed by atoms with Crippen LogP contribution in [0.15, 0.2) is 18.2 Å². The van der Waals surface area contributed by atoms with Gasteiger partial charge in [-0.15, -0.1) is 0 Å². The van der Waals surface area contributed by atoms with E-state index in [0.29, 0.717) is 11.6 Å². The molecule has 1 aliphatic rings. The van der Waals surface area contributed by atoms with E-state index in [1.54, 1.807) is 6.07 Å². The zero-order chi connectivity index (χ0) is 14.0. The van der Waals surface area contributed by atoms with Crippen LogP contribution in [-0.4, -0.2) is 49.4 Å². The molecule has 0 radical (unpaired) electrons. The standard InChI is InChI=1S/C15H23N3O/c1-11-8-13(16)4-5-14(11)15(19)18(3)10-12-6-7-17(2)9-12/h4-5,8,12H,6-7,9-10,16H2,1-3H3. The van der Waals surface area contributed by atoms with Gasteiger partial charge in [0.25, 0.3) is 5.91 Å². The van der Waals surface area contributed by atoms with E-state index in [0.717, 1.165) is 30.8 Å². The molecule has 1 heterocycles. The molecule has 19 heavy (non-hydrogen) atoms. The topological polar surface area (TPSA) is 49.6 Å². The number of hydrogen-bond donors (Lipinski definition) is 1. The molecule has 0 aromatic heterocycles. The van der Waals surface area contributed by atoms with E-state index in [9.17, 15) is 4.79 Å². The fraction of sp³-hybridized carbons (Fsp3) is 0.533. The normalized spacial score (nSPS) is 19.6. The van der Waals surface area contributed by atoms with Gasteiger partial charge in [-0.2, -0.15) is 0 Å². The lowest BCUT2D eigenvalue weighted by Crippen LogP contribution is -2.33. The van der Waals surface area contributed by atoms with Gasteiger partial charge in [-0.1, -0.05) is 0 Å². The van der Waals surface area contributed by atoms with Crippen LogP contribution in [0.5, 0.6) is 0 Å². The maximum absolute atomic E-state index is 12.4. The van der Waals surface area contributed by atoms with Gasteiger partial charge in [0.2, 0.25) is 0 Å². The number of benzene rings is 1. The van der Waals surface area contributed by atoms with Crippen LogP contribution in [0.25, 0.3) is 0 Å². The minimum atomic E-state index is 0.0899. The fourth-order valence-electron chi connectivity index (χ4n) is 2.78. The molecular weight excluding hydrogens is 238 g/mol. The van der Waals surface area contributed by atoms with Crippen molar-refractivity contribution in [1.82, 2.24) is 9.80 Å². The number of nitrogens with zero attached hydrogens (tertiary/aromatic N) is 2. The monoisotopic (exact) mass is 261 g/mol. The molecule has 1 aromatic carbocycles. The SMILES string of the molecule is Cc1cc(N)ccc1C(=O)N(C)CC1CCN(C)C1. The highest BCUT2D eigenvalue weighted by atomic mass is 16.2. The van der Waals surface area contributed by atoms with Crippen molar-refractivity contribution in [2.45, 2.75) is 13.3 Å². The van der Waals surface area contributed by atoms with Crippen molar-refractivity contribution in [1.29, 1.82) is 0 Å². The zero-order valence-corrected chi connectivity index (χ0v) is 12.0. The Labute approximate surface area is 115 Å². The van der Waals surface area contributed by atoms with Crippen LogP contribution in [0.3, 0.4) is 0 Å². The summed E-state index contributed by atoms with van der Waals surface area (Å²) in [5.74, 6) is 0.681. The van der Waals surface area contributed by atoms with Crippen LogP contribution in [0.2, 0.25) is 0 Å². The van der Waals surface area contributed by atoms with Gasteiger partial charge in [0.1, 0.15) is 0 Å². The van der Waals surface area contributed by atoms with Gasteiger partial charge in [0.05, 0.1) is 0 Å². The van der Waals surface area contributed by atoms with E-state index in [1.165, 1.54) is 6.42 Å². The lowest BCUT2D eigenvalue weighted by molar-refractivity contribution is 0.0773. The Morgan fingerprint density at radius 3 is 2.84 bits per heavy atom. The number of likely N-dealkylation sites (tertiary alicyclic amines) is 1. The molecule has 1 aromatic rings. The summed E-state index contributed by atoms with van der Waals surface area (Å²) in [6, 6.07) is 5.46. The maximum atomic E-state index is 12.4. The number of hydrogen-bond acceptors (Lipinski definition) is 3. The molecule has 4 nitrogen and oxygen atoms in total. The molecule has 1 amide bonds. The average Bonchev–Trinajstić information content (AvgIpc) is 2.74. The zero-order valence-electron chi connectivity index (χ0n) is 12.0. The van der Waals surface area contributed by atoms with Gasteiger partial charge < -0.3 is 15.5 Å². The summed E-state index contributed by atoms with van der Waals surface area (Å²) in [6.45, 7) is 4.97. The highest BCUT2D eigenvalue weighted by Gasteiger charge is 2.23. The third-order valence-corrected chi connectivity index (χ3v) is 3.85. The minimum Gasteiger partial charge on any atom is -0.399 e. The van der Waals surface area contributed by atoms with Gasteiger partial charge in [0.15, 0.2) is 0 Å². The Morgan fingerprint density at radius 2 is 2.26 bits per heavy atom. The molecule has 0 spiro atoms. The highest BCUT2D eigenvalue weighted by molar-refractivity contribution is 5.95. The first-order valence-corrected chi connectivity index (χ1v) is 6.77. The van der Waals surface area contributed by atoms with Crippen molar-refractivity contribution in [3.63, 3.8) is 0 Å². The third kappa shape index (κ3) is 3.26. The first kappa shape index (κ1) is 13.9. The van der Waals surface area contributed by atoms with Crippen molar-refractivity contribution in [2.75, 3.05) is 39.5 Å². The highest BCUT2D eigenvalue weighted by Crippen LogP contribution is 2.18. The second-order valence-electron chi connectivity index (χ2n) is 5.68. The molecule has 1 fully saturated rings. The number of anilines is 1. The number of rotatable bonds is 3. The summed E-state index contributed by atoms with van der Waals surface area (Å²) < 4.78 is 0. The number of amides is 1. The van der Waals surface area contributed by atoms with Gasteiger partial charge in [-0.05, 0) is 56.6 Å². The van der Waals surface area contributed by atoms with E-state index in [2.05, 4.69) is 11.9 Å². The summed E-state index contributed by atoms with van der Waals surface area (Å²) >= 11 is 0. The van der Waals surface area contributed by atoms with Crippen molar-refractivity contribution in [3.8, 4) is 0 Å². The summed E-state index contributed by atoms with van der Waals surface area (Å²) in [7, 11) is 4.02. The molecule has 104 valence electrons. The maximum Gasteiger partial charge on any atom is 0.253 e. The molecule has 2 rings (SSSR count). The molecule has 0 aliphatic carbocycles. The van der Waals surface area contributed by atoms with Gasteiger partial charge in [-0.3, -0.25) is 4.79 Å². The first-order valence-electron chi connectivity index (χ1n) is 6.77. The van der Waals surface area contributed by atoms with Gasteiger partial charge in [0, 0.05) is 31.4 Å². The van der Waals surface area contributed by atoms with Crippen LogP contribution in [0.4, 0.5) is 5.69 Å². The minimum absolute atomic E-state index is 0.0899. The van der Waals surface area contributed by atoms with Crippen molar-refractivity contribution < 1.29 is 4.79 Å². The molecule has 4 heteroatoms. The first-order chi connectivity index (χ1) is 8.97. The van der Waals surface area contributed by atoms with Crippen LogP contribution < -0.4 is 5.73 Å². The number of carbonyl (C=O) groups excluding carboxylic acids is 1. The number of nitrogens with two attached hydrogens (primary N) is 1. The average molecular weight is 261 g/mol. The number of aryl methyl sites for hydroxylation is 1. The van der Waals surface area contributed by atoms with E-state index < -0.39 is 0 Å². The van der Waals surface area contributed by atoms with E-state index in [1.807, 2.05) is 31.0 Å². The Morgan fingerprint density at radius 1 is 1.53 bits per heavy atom. The Balaban J connectivity index is 2.02. The predicted octanol–water partition coefficient (Wildman–Crippen LogP) is 1.60. The molecule has 2 N–H and O–H groups in total. The van der Waals surface area contributed by atoms with E-state index in [4.69, 9.17) is 5.73 Å². The van der Waals surface area contributed by atoms with E-state index >= 15 is 0 Å². The summed E-state index contributed by atoms with van der Waals surface area (Å²) in [5, 5.41) is 0. The molecule has 1 aliphatic heterocycles. The van der Waals surface area contributed by atoms with Gasteiger partial charge in [-0.25, -0.2) is 0 Å². The lowest BCUT2D eigenvalue weighted by atomic mass is 10.1. The van der Waals surface area contributed by atoms with Crippen molar-refractivity contribution in [2.24, 2.45) is 5.92 Å². The fourth-order valence-corrected chi connectivity index (χ4v) is 2.78. The molecule has 0 saturated carbocycles. The third-order valence-electron chi connectivity index (χ3n) is 3.85. The Hall–Kier alpha value is -1.55. The number of carbonyl (C=O) groups is 1. The van der Waals surface area contributed by atoms with Crippen molar-refractivity contribution >= 4 is 11.6 Å². The Kier molecular flexibility index (Phi) is 4.10. The Bertz CT molecular complexity index is 472. The summed E-state index contributed by atoms with van der Waals surface area (Å²) in [5.41, 5.74) is 8.12. The summed E-state index contributed by atoms with van der Waals surface area (Å²) in [6.07, 6.45) is 1.18. The van der Waals surface area contributed by atoms with Crippen LogP contribution in [0, 0.1) is 12.8 Å². The van der Waals surface area contributed by atoms with E-state index in [-0.39, 0.29) is 5.91 Å². The van der Waals surface area contributed by atoms with Crippen LogP contribution in [-0.2, 0) is 0 Å². The predicted molar refractivity (Wildman–Crippen MR) is 78.2 cm³/mol. The molecular formula is C15H23N3O. The second-order valence-corrected chi connectivity index (χ2v) is 5.68. The summed E-state index contributed by atoms with van der Waals surface area (Å²) in [4.78, 5) is 16.6. The number of nitrogen functional groups attached to an aromatic ring is 1. The molecule has 0 bridgehead atoms. The quantitative estimate of drug-likeness (QED) is 0.841. The van der Waals surface area contributed by atoms with Crippen LogP contribution >= 0.6 is 0 Å². The largest absolute Gasteiger partial charge is 0.399 e.